The van der Waals surface area contributed by atoms with Crippen molar-refractivity contribution in [2.75, 3.05) is 13.2 Å². The normalized spacial score (nSPS) is 16.1. The summed E-state index contributed by atoms with van der Waals surface area (Å²) in [6, 6.07) is 15.9. The van der Waals surface area contributed by atoms with E-state index in [4.69, 9.17) is 4.74 Å². The van der Waals surface area contributed by atoms with E-state index in [0.717, 1.165) is 29.7 Å². The van der Waals surface area contributed by atoms with Crippen molar-refractivity contribution in [1.82, 2.24) is 15.6 Å². The Labute approximate surface area is 146 Å². The number of benzene rings is 2. The molecule has 2 heterocycles. The van der Waals surface area contributed by atoms with Gasteiger partial charge in [-0.2, -0.15) is 0 Å². The largest absolute Gasteiger partial charge is 0.493 e. The number of rotatable bonds is 4. The van der Waals surface area contributed by atoms with E-state index in [2.05, 4.69) is 27.8 Å². The van der Waals surface area contributed by atoms with Gasteiger partial charge >= 0.3 is 6.03 Å². The summed E-state index contributed by atoms with van der Waals surface area (Å²) in [7, 11) is 0. The number of carbonyl (C=O) groups excluding carboxylic acids is 1. The SMILES string of the molecule is O=C(NCCc1c[nH]c2ccccc12)NC1CCOc2ccccc21. The van der Waals surface area contributed by atoms with E-state index in [-0.39, 0.29) is 12.1 Å². The van der Waals surface area contributed by atoms with Crippen molar-refractivity contribution in [3.05, 3.63) is 65.9 Å². The van der Waals surface area contributed by atoms with Crippen molar-refractivity contribution < 1.29 is 9.53 Å². The molecule has 0 bridgehead atoms. The van der Waals surface area contributed by atoms with Gasteiger partial charge in [-0.15, -0.1) is 0 Å². The Kier molecular flexibility index (Phi) is 4.29. The third kappa shape index (κ3) is 3.31. The number of amides is 2. The Bertz CT molecular complexity index is 887. The van der Waals surface area contributed by atoms with Crippen LogP contribution in [0.3, 0.4) is 0 Å². The number of ether oxygens (including phenoxy) is 1. The van der Waals surface area contributed by atoms with E-state index in [0.29, 0.717) is 13.2 Å². The second-order valence-corrected chi connectivity index (χ2v) is 6.24. The van der Waals surface area contributed by atoms with Gasteiger partial charge in [-0.1, -0.05) is 36.4 Å². The minimum Gasteiger partial charge on any atom is -0.493 e. The van der Waals surface area contributed by atoms with Crippen LogP contribution in [-0.4, -0.2) is 24.2 Å². The Morgan fingerprint density at radius 2 is 2.00 bits per heavy atom. The molecule has 0 fully saturated rings. The van der Waals surface area contributed by atoms with Gasteiger partial charge in [0, 0.05) is 35.6 Å². The topological polar surface area (TPSA) is 66.2 Å². The molecular formula is C20H21N3O2. The zero-order valence-corrected chi connectivity index (χ0v) is 13.9. The highest BCUT2D eigenvalue weighted by Crippen LogP contribution is 2.31. The highest BCUT2D eigenvalue weighted by atomic mass is 16.5. The first kappa shape index (κ1) is 15.6. The molecule has 2 amide bonds. The number of aromatic nitrogens is 1. The maximum atomic E-state index is 12.2. The highest BCUT2D eigenvalue weighted by molar-refractivity contribution is 5.83. The predicted molar refractivity (Wildman–Crippen MR) is 97.8 cm³/mol. The van der Waals surface area contributed by atoms with Crippen LogP contribution < -0.4 is 15.4 Å². The summed E-state index contributed by atoms with van der Waals surface area (Å²) in [6.45, 7) is 1.22. The molecule has 25 heavy (non-hydrogen) atoms. The second kappa shape index (κ2) is 6.89. The summed E-state index contributed by atoms with van der Waals surface area (Å²) >= 11 is 0. The molecule has 5 heteroatoms. The van der Waals surface area contributed by atoms with Crippen LogP contribution in [0.1, 0.15) is 23.6 Å². The number of nitrogens with one attached hydrogen (secondary N) is 3. The maximum Gasteiger partial charge on any atom is 0.315 e. The van der Waals surface area contributed by atoms with Crippen LogP contribution in [0.5, 0.6) is 5.75 Å². The lowest BCUT2D eigenvalue weighted by Crippen LogP contribution is -2.40. The van der Waals surface area contributed by atoms with Gasteiger partial charge < -0.3 is 20.4 Å². The summed E-state index contributed by atoms with van der Waals surface area (Å²) in [5.41, 5.74) is 3.38. The van der Waals surface area contributed by atoms with Crippen LogP contribution in [0.2, 0.25) is 0 Å². The zero-order chi connectivity index (χ0) is 17.1. The smallest absolute Gasteiger partial charge is 0.315 e. The number of H-pyrrole nitrogens is 1. The minimum absolute atomic E-state index is 0.00182. The van der Waals surface area contributed by atoms with Crippen LogP contribution in [-0.2, 0) is 6.42 Å². The zero-order valence-electron chi connectivity index (χ0n) is 13.9. The molecule has 3 aromatic rings. The van der Waals surface area contributed by atoms with E-state index in [1.54, 1.807) is 0 Å². The van der Waals surface area contributed by atoms with Crippen molar-refractivity contribution in [3.8, 4) is 5.75 Å². The van der Waals surface area contributed by atoms with E-state index in [9.17, 15) is 4.79 Å². The molecule has 1 unspecified atom stereocenters. The molecule has 1 aliphatic rings. The molecule has 0 aliphatic carbocycles. The first-order chi connectivity index (χ1) is 12.3. The molecule has 0 saturated heterocycles. The monoisotopic (exact) mass is 335 g/mol. The van der Waals surface area contributed by atoms with E-state index in [1.165, 1.54) is 10.9 Å². The number of carbonyl (C=O) groups is 1. The molecule has 5 nitrogen and oxygen atoms in total. The van der Waals surface area contributed by atoms with Crippen LogP contribution in [0.25, 0.3) is 10.9 Å². The molecule has 0 radical (unpaired) electrons. The van der Waals surface area contributed by atoms with Gasteiger partial charge in [0.05, 0.1) is 12.6 Å². The van der Waals surface area contributed by atoms with Gasteiger partial charge in [-0.3, -0.25) is 0 Å². The van der Waals surface area contributed by atoms with Gasteiger partial charge in [0.1, 0.15) is 5.75 Å². The number of hydrogen-bond donors (Lipinski definition) is 3. The molecule has 128 valence electrons. The molecule has 4 rings (SSSR count). The third-order valence-corrected chi connectivity index (χ3v) is 4.62. The summed E-state index contributed by atoms with van der Waals surface area (Å²) in [6.07, 6.45) is 3.59. The summed E-state index contributed by atoms with van der Waals surface area (Å²) < 4.78 is 5.63. The number of para-hydroxylation sites is 2. The lowest BCUT2D eigenvalue weighted by molar-refractivity contribution is 0.223. The molecular weight excluding hydrogens is 314 g/mol. The lowest BCUT2D eigenvalue weighted by Gasteiger charge is -2.26. The van der Waals surface area contributed by atoms with Crippen molar-refractivity contribution in [1.29, 1.82) is 0 Å². The van der Waals surface area contributed by atoms with Crippen molar-refractivity contribution >= 4 is 16.9 Å². The van der Waals surface area contributed by atoms with Crippen LogP contribution in [0.4, 0.5) is 4.79 Å². The Morgan fingerprint density at radius 3 is 2.96 bits per heavy atom. The fourth-order valence-electron chi connectivity index (χ4n) is 3.35. The minimum atomic E-state index is -0.137. The molecule has 0 saturated carbocycles. The van der Waals surface area contributed by atoms with Crippen LogP contribution in [0, 0.1) is 0 Å². The van der Waals surface area contributed by atoms with Gasteiger partial charge in [0.2, 0.25) is 0 Å². The molecule has 3 N–H and O–H groups in total. The Balaban J connectivity index is 1.33. The standard InChI is InChI=1S/C20H21N3O2/c24-20(23-18-10-12-25-19-8-4-2-6-16(18)19)21-11-9-14-13-22-17-7-3-1-5-15(14)17/h1-8,13,18,22H,9-12H2,(H2,21,23,24). The average Bonchev–Trinajstić information content (AvgIpc) is 3.05. The highest BCUT2D eigenvalue weighted by Gasteiger charge is 2.22. The predicted octanol–water partition coefficient (Wildman–Crippen LogP) is 3.53. The van der Waals surface area contributed by atoms with Crippen molar-refractivity contribution in [3.63, 3.8) is 0 Å². The van der Waals surface area contributed by atoms with Crippen LogP contribution in [0.15, 0.2) is 54.7 Å². The van der Waals surface area contributed by atoms with Crippen molar-refractivity contribution in [2.24, 2.45) is 0 Å². The summed E-state index contributed by atoms with van der Waals surface area (Å²) in [5.74, 6) is 0.859. The number of urea groups is 1. The molecule has 0 spiro atoms. The fraction of sp³-hybridized carbons (Fsp3) is 0.250. The number of aromatic amines is 1. The summed E-state index contributed by atoms with van der Waals surface area (Å²) in [5, 5.41) is 7.22. The van der Waals surface area contributed by atoms with Crippen molar-refractivity contribution in [2.45, 2.75) is 18.9 Å². The van der Waals surface area contributed by atoms with E-state index >= 15 is 0 Å². The number of hydrogen-bond acceptors (Lipinski definition) is 2. The van der Waals surface area contributed by atoms with Gasteiger partial charge in [-0.05, 0) is 24.1 Å². The molecule has 1 aromatic heterocycles. The fourth-order valence-corrected chi connectivity index (χ4v) is 3.35. The quantitative estimate of drug-likeness (QED) is 0.683. The van der Waals surface area contributed by atoms with Crippen LogP contribution >= 0.6 is 0 Å². The van der Waals surface area contributed by atoms with E-state index in [1.807, 2.05) is 42.6 Å². The molecule has 1 atom stereocenters. The Hall–Kier alpha value is -2.95. The second-order valence-electron chi connectivity index (χ2n) is 6.24. The molecule has 1 aliphatic heterocycles. The molecule has 2 aromatic carbocycles. The summed E-state index contributed by atoms with van der Waals surface area (Å²) in [4.78, 5) is 15.5. The lowest BCUT2D eigenvalue weighted by atomic mass is 10.0. The third-order valence-electron chi connectivity index (χ3n) is 4.62. The maximum absolute atomic E-state index is 12.2. The van der Waals surface area contributed by atoms with Gasteiger partial charge in [0.15, 0.2) is 0 Å². The van der Waals surface area contributed by atoms with Gasteiger partial charge in [0.25, 0.3) is 0 Å². The first-order valence-corrected chi connectivity index (χ1v) is 8.62. The van der Waals surface area contributed by atoms with E-state index < -0.39 is 0 Å². The van der Waals surface area contributed by atoms with Gasteiger partial charge in [-0.25, -0.2) is 4.79 Å². The number of fused-ring (bicyclic) bond motifs is 2. The first-order valence-electron chi connectivity index (χ1n) is 8.62. The Morgan fingerprint density at radius 1 is 1.16 bits per heavy atom. The average molecular weight is 335 g/mol.